The van der Waals surface area contributed by atoms with Crippen molar-refractivity contribution in [2.75, 3.05) is 7.11 Å². The molecule has 0 aliphatic rings. The molecule has 0 radical (unpaired) electrons. The maximum atomic E-state index is 5.89. The average molecular weight is 202 g/mol. The van der Waals surface area contributed by atoms with Crippen molar-refractivity contribution in [3.63, 3.8) is 0 Å². The van der Waals surface area contributed by atoms with Gasteiger partial charge in [-0.3, -0.25) is 0 Å². The lowest BCUT2D eigenvalue weighted by atomic mass is 10.0. The number of nitrogens with zero attached hydrogens (tertiary/aromatic N) is 1. The third-order valence-corrected chi connectivity index (χ3v) is 2.47. The Balaban J connectivity index is 2.77. The molecule has 0 saturated heterocycles. The number of benzene rings is 1. The summed E-state index contributed by atoms with van der Waals surface area (Å²) in [4.78, 5) is 4.24. The highest BCUT2D eigenvalue weighted by atomic mass is 16.5. The third-order valence-electron chi connectivity index (χ3n) is 2.47. The van der Waals surface area contributed by atoms with E-state index in [-0.39, 0.29) is 6.04 Å². The van der Waals surface area contributed by atoms with Crippen molar-refractivity contribution in [1.29, 1.82) is 0 Å². The van der Waals surface area contributed by atoms with Crippen molar-refractivity contribution >= 4 is 10.8 Å². The number of rotatable bonds is 2. The predicted octanol–water partition coefficient (Wildman–Crippen LogP) is 2.26. The Morgan fingerprint density at radius 1 is 1.27 bits per heavy atom. The van der Waals surface area contributed by atoms with Gasteiger partial charge in [-0.05, 0) is 23.9 Å². The van der Waals surface area contributed by atoms with Gasteiger partial charge in [0, 0.05) is 17.6 Å². The molecule has 0 amide bonds. The number of ether oxygens (including phenoxy) is 1. The Kier molecular flexibility index (Phi) is 2.56. The van der Waals surface area contributed by atoms with Gasteiger partial charge in [0.15, 0.2) is 0 Å². The Hall–Kier alpha value is -1.61. The van der Waals surface area contributed by atoms with E-state index in [0.29, 0.717) is 5.88 Å². The van der Waals surface area contributed by atoms with Crippen LogP contribution in [0.2, 0.25) is 0 Å². The number of fused-ring (bicyclic) bond motifs is 1. The van der Waals surface area contributed by atoms with E-state index in [2.05, 4.69) is 4.98 Å². The number of aromatic nitrogens is 1. The second-order valence-corrected chi connectivity index (χ2v) is 3.56. The summed E-state index contributed by atoms with van der Waals surface area (Å²) >= 11 is 0. The van der Waals surface area contributed by atoms with E-state index in [1.807, 2.05) is 31.2 Å². The normalized spacial score (nSPS) is 12.7. The summed E-state index contributed by atoms with van der Waals surface area (Å²) in [7, 11) is 1.63. The first-order chi connectivity index (χ1) is 7.24. The molecule has 1 unspecified atom stereocenters. The van der Waals surface area contributed by atoms with Crippen LogP contribution in [0, 0.1) is 0 Å². The number of methoxy groups -OCH3 is 1. The summed E-state index contributed by atoms with van der Waals surface area (Å²) in [6.07, 6.45) is 1.78. The van der Waals surface area contributed by atoms with Crippen LogP contribution < -0.4 is 10.5 Å². The van der Waals surface area contributed by atoms with Crippen molar-refractivity contribution in [3.8, 4) is 5.88 Å². The van der Waals surface area contributed by atoms with Crippen LogP contribution in [-0.2, 0) is 0 Å². The maximum absolute atomic E-state index is 5.89. The molecule has 0 spiro atoms. The molecule has 0 aliphatic carbocycles. The Bertz CT molecular complexity index is 480. The zero-order chi connectivity index (χ0) is 10.8. The molecule has 3 nitrogen and oxygen atoms in total. The summed E-state index contributed by atoms with van der Waals surface area (Å²) in [5, 5.41) is 2.12. The molecule has 2 N–H and O–H groups in total. The first kappa shape index (κ1) is 9.93. The van der Waals surface area contributed by atoms with Gasteiger partial charge >= 0.3 is 0 Å². The van der Waals surface area contributed by atoms with Gasteiger partial charge in [-0.15, -0.1) is 0 Å². The highest BCUT2D eigenvalue weighted by molar-refractivity contribution is 5.89. The minimum atomic E-state index is -0.0201. The molecule has 1 aromatic heterocycles. The quantitative estimate of drug-likeness (QED) is 0.812. The topological polar surface area (TPSA) is 48.1 Å². The highest BCUT2D eigenvalue weighted by Crippen LogP contribution is 2.28. The summed E-state index contributed by atoms with van der Waals surface area (Å²) in [6, 6.07) is 7.98. The average Bonchev–Trinajstić information content (AvgIpc) is 2.27. The lowest BCUT2D eigenvalue weighted by Gasteiger charge is -2.11. The van der Waals surface area contributed by atoms with Crippen LogP contribution in [0.3, 0.4) is 0 Å². The standard InChI is InChI=1S/C12H14N2O/c1-8(13)11-7-14-12(15-2)10-6-4-3-5-9(10)11/h3-8H,13H2,1-2H3. The van der Waals surface area contributed by atoms with Gasteiger partial charge in [0.25, 0.3) is 0 Å². The van der Waals surface area contributed by atoms with Crippen molar-refractivity contribution in [3.05, 3.63) is 36.0 Å². The summed E-state index contributed by atoms with van der Waals surface area (Å²) in [6.45, 7) is 1.95. The fourth-order valence-electron chi connectivity index (χ4n) is 1.71. The van der Waals surface area contributed by atoms with E-state index >= 15 is 0 Å². The largest absolute Gasteiger partial charge is 0.481 e. The van der Waals surface area contributed by atoms with E-state index in [9.17, 15) is 0 Å². The lowest BCUT2D eigenvalue weighted by Crippen LogP contribution is -2.06. The maximum Gasteiger partial charge on any atom is 0.221 e. The summed E-state index contributed by atoms with van der Waals surface area (Å²) < 4.78 is 5.21. The molecule has 78 valence electrons. The highest BCUT2D eigenvalue weighted by Gasteiger charge is 2.09. The molecule has 3 heteroatoms. The minimum absolute atomic E-state index is 0.0201. The van der Waals surface area contributed by atoms with E-state index in [4.69, 9.17) is 10.5 Å². The van der Waals surface area contributed by atoms with Crippen molar-refractivity contribution in [2.24, 2.45) is 5.73 Å². The van der Waals surface area contributed by atoms with Gasteiger partial charge in [0.05, 0.1) is 7.11 Å². The smallest absolute Gasteiger partial charge is 0.221 e. The molecule has 0 bridgehead atoms. The summed E-state index contributed by atoms with van der Waals surface area (Å²) in [5.74, 6) is 0.648. The van der Waals surface area contributed by atoms with Crippen LogP contribution in [0.5, 0.6) is 5.88 Å². The molecule has 2 rings (SSSR count). The predicted molar refractivity (Wildman–Crippen MR) is 60.9 cm³/mol. The van der Waals surface area contributed by atoms with Gasteiger partial charge in [-0.1, -0.05) is 18.2 Å². The first-order valence-corrected chi connectivity index (χ1v) is 4.91. The molecule has 1 atom stereocenters. The number of hydrogen-bond acceptors (Lipinski definition) is 3. The second kappa shape index (κ2) is 3.87. The van der Waals surface area contributed by atoms with Crippen LogP contribution in [0.15, 0.2) is 30.5 Å². The van der Waals surface area contributed by atoms with E-state index in [1.54, 1.807) is 13.3 Å². The molecular formula is C12H14N2O. The second-order valence-electron chi connectivity index (χ2n) is 3.56. The molecule has 1 heterocycles. The lowest BCUT2D eigenvalue weighted by molar-refractivity contribution is 0.403. The van der Waals surface area contributed by atoms with Gasteiger partial charge in [-0.2, -0.15) is 0 Å². The number of nitrogens with two attached hydrogens (primary N) is 1. The third kappa shape index (κ3) is 1.66. The zero-order valence-electron chi connectivity index (χ0n) is 8.90. The van der Waals surface area contributed by atoms with E-state index in [1.165, 1.54) is 0 Å². The van der Waals surface area contributed by atoms with Gasteiger partial charge < -0.3 is 10.5 Å². The monoisotopic (exact) mass is 202 g/mol. The zero-order valence-corrected chi connectivity index (χ0v) is 8.90. The van der Waals surface area contributed by atoms with Crippen LogP contribution in [0.4, 0.5) is 0 Å². The Morgan fingerprint density at radius 2 is 1.93 bits per heavy atom. The van der Waals surface area contributed by atoms with E-state index in [0.717, 1.165) is 16.3 Å². The van der Waals surface area contributed by atoms with Crippen LogP contribution >= 0.6 is 0 Å². The van der Waals surface area contributed by atoms with Crippen molar-refractivity contribution < 1.29 is 4.74 Å². The molecule has 15 heavy (non-hydrogen) atoms. The molecular weight excluding hydrogens is 188 g/mol. The molecule has 0 aliphatic heterocycles. The van der Waals surface area contributed by atoms with Gasteiger partial charge in [0.2, 0.25) is 5.88 Å². The summed E-state index contributed by atoms with van der Waals surface area (Å²) in [5.41, 5.74) is 6.94. The van der Waals surface area contributed by atoms with Crippen molar-refractivity contribution in [1.82, 2.24) is 4.98 Å². The van der Waals surface area contributed by atoms with Gasteiger partial charge in [0.1, 0.15) is 0 Å². The van der Waals surface area contributed by atoms with Crippen LogP contribution in [-0.4, -0.2) is 12.1 Å². The number of pyridine rings is 1. The van der Waals surface area contributed by atoms with Crippen LogP contribution in [0.25, 0.3) is 10.8 Å². The fraction of sp³-hybridized carbons (Fsp3) is 0.250. The molecule has 2 aromatic rings. The van der Waals surface area contributed by atoms with Crippen molar-refractivity contribution in [2.45, 2.75) is 13.0 Å². The molecule has 0 saturated carbocycles. The fourth-order valence-corrected chi connectivity index (χ4v) is 1.71. The molecule has 1 aromatic carbocycles. The minimum Gasteiger partial charge on any atom is -0.481 e. The Morgan fingerprint density at radius 3 is 2.53 bits per heavy atom. The Labute approximate surface area is 88.9 Å². The molecule has 0 fully saturated rings. The first-order valence-electron chi connectivity index (χ1n) is 4.91. The van der Waals surface area contributed by atoms with Gasteiger partial charge in [-0.25, -0.2) is 4.98 Å². The van der Waals surface area contributed by atoms with Crippen LogP contribution in [0.1, 0.15) is 18.5 Å². The number of hydrogen-bond donors (Lipinski definition) is 1. The van der Waals surface area contributed by atoms with E-state index < -0.39 is 0 Å². The SMILES string of the molecule is COc1ncc(C(C)N)c2ccccc12.